The lowest BCUT2D eigenvalue weighted by Crippen LogP contribution is -2.05. The predicted molar refractivity (Wildman–Crippen MR) is 203 cm³/mol. The molecule has 1 unspecified atom stereocenters. The van der Waals surface area contributed by atoms with Gasteiger partial charge in [0.2, 0.25) is 0 Å². The molecule has 0 saturated carbocycles. The van der Waals surface area contributed by atoms with E-state index in [1.807, 2.05) is 6.08 Å². The molecule has 1 atom stereocenters. The number of hydrogen-bond acceptors (Lipinski definition) is 3. The van der Waals surface area contributed by atoms with E-state index in [1.165, 1.54) is 38.1 Å². The van der Waals surface area contributed by atoms with Crippen LogP contribution in [-0.2, 0) is 0 Å². The first-order valence-corrected chi connectivity index (χ1v) is 16.3. The zero-order valence-electron chi connectivity index (χ0n) is 26.5. The van der Waals surface area contributed by atoms with Gasteiger partial charge in [-0.15, -0.1) is 0 Å². The fraction of sp³-hybridized carbons (Fsp3) is 0.0444. The number of fused-ring (bicyclic) bond motifs is 4. The summed E-state index contributed by atoms with van der Waals surface area (Å²) in [4.78, 5) is 14.8. The van der Waals surface area contributed by atoms with Crippen LogP contribution in [0.25, 0.3) is 66.1 Å². The highest BCUT2D eigenvalue weighted by molar-refractivity contribution is 6.13. The molecule has 1 aliphatic rings. The van der Waals surface area contributed by atoms with Gasteiger partial charge in [0, 0.05) is 29.5 Å². The van der Waals surface area contributed by atoms with Gasteiger partial charge in [-0.25, -0.2) is 9.97 Å². The van der Waals surface area contributed by atoms with E-state index in [2.05, 4.69) is 157 Å². The van der Waals surface area contributed by atoms with Crippen molar-refractivity contribution in [3.05, 3.63) is 182 Å². The van der Waals surface area contributed by atoms with Gasteiger partial charge in [0.1, 0.15) is 0 Å². The molecular formula is C45H33N3. The second-order valence-corrected chi connectivity index (χ2v) is 12.1. The second-order valence-electron chi connectivity index (χ2n) is 12.1. The minimum absolute atomic E-state index is 0.0974. The third kappa shape index (κ3) is 5.67. The molecule has 48 heavy (non-hydrogen) atoms. The normalized spacial score (nSPS) is 14.8. The Kier molecular flexibility index (Phi) is 7.85. The van der Waals surface area contributed by atoms with E-state index >= 15 is 0 Å². The van der Waals surface area contributed by atoms with E-state index in [0.29, 0.717) is 0 Å². The number of allylic oxidation sites excluding steroid dienone is 6. The van der Waals surface area contributed by atoms with Crippen molar-refractivity contribution in [2.24, 2.45) is 4.99 Å². The van der Waals surface area contributed by atoms with E-state index in [9.17, 15) is 0 Å². The first-order chi connectivity index (χ1) is 23.7. The average Bonchev–Trinajstić information content (AvgIpc) is 3.16. The van der Waals surface area contributed by atoms with Gasteiger partial charge >= 0.3 is 0 Å². The van der Waals surface area contributed by atoms with Gasteiger partial charge in [0.15, 0.2) is 5.82 Å². The van der Waals surface area contributed by atoms with Gasteiger partial charge in [0.05, 0.1) is 11.4 Å². The van der Waals surface area contributed by atoms with Gasteiger partial charge in [-0.1, -0.05) is 146 Å². The molecule has 7 aromatic rings. The Labute approximate surface area is 280 Å². The fourth-order valence-corrected chi connectivity index (χ4v) is 6.72. The van der Waals surface area contributed by atoms with Crippen molar-refractivity contribution in [2.45, 2.75) is 12.3 Å². The van der Waals surface area contributed by atoms with E-state index < -0.39 is 0 Å². The van der Waals surface area contributed by atoms with Crippen molar-refractivity contribution in [3.8, 4) is 33.8 Å². The van der Waals surface area contributed by atoms with E-state index in [1.54, 1.807) is 18.5 Å². The topological polar surface area (TPSA) is 38.1 Å². The summed E-state index contributed by atoms with van der Waals surface area (Å²) in [6, 6.07) is 45.4. The highest BCUT2D eigenvalue weighted by Crippen LogP contribution is 2.37. The van der Waals surface area contributed by atoms with Crippen LogP contribution >= 0.6 is 0 Å². The summed E-state index contributed by atoms with van der Waals surface area (Å²) >= 11 is 0. The molecule has 3 heteroatoms. The van der Waals surface area contributed by atoms with Crippen molar-refractivity contribution < 1.29 is 0 Å². The highest BCUT2D eigenvalue weighted by Gasteiger charge is 2.19. The molecule has 0 spiro atoms. The van der Waals surface area contributed by atoms with Crippen LogP contribution in [0.3, 0.4) is 0 Å². The van der Waals surface area contributed by atoms with Crippen LogP contribution in [-0.4, -0.2) is 16.2 Å². The standard InChI is InChI=1S/C45H33N3/c1-2-26-46-27-25-31-11-9-15-36(28-31)44-30-43(34-23-21-33(22-24-34)38-20-10-14-32-12-3-5-16-37(32)38)47-45(48-44)42-29-35-13-4-6-17-39(35)40-18-7-8-19-41(40)42/h2-14,16-30,36H,1,15H2/b27-25+,46-26?. The third-order valence-corrected chi connectivity index (χ3v) is 9.05. The highest BCUT2D eigenvalue weighted by atomic mass is 14.9. The SMILES string of the molecule is C=CC=N/C=C/C1=CC(c2cc(-c3ccc(-c4cccc5ccccc45)cc3)nc(-c3cc4ccccc4c4ccccc34)n2)CC=C1. The molecule has 0 N–H and O–H groups in total. The smallest absolute Gasteiger partial charge is 0.160 e. The van der Waals surface area contributed by atoms with E-state index in [0.717, 1.165) is 45.7 Å². The quantitative estimate of drug-likeness (QED) is 0.132. The lowest BCUT2D eigenvalue weighted by molar-refractivity contribution is 0.806. The Morgan fingerprint density at radius 1 is 0.646 bits per heavy atom. The maximum atomic E-state index is 5.30. The zero-order valence-corrected chi connectivity index (χ0v) is 26.5. The second kappa shape index (κ2) is 12.9. The summed E-state index contributed by atoms with van der Waals surface area (Å²) in [5.41, 5.74) is 7.51. The molecule has 3 nitrogen and oxygen atoms in total. The monoisotopic (exact) mass is 615 g/mol. The van der Waals surface area contributed by atoms with Gasteiger partial charge in [-0.05, 0) is 73.6 Å². The van der Waals surface area contributed by atoms with Crippen molar-refractivity contribution in [1.82, 2.24) is 9.97 Å². The summed E-state index contributed by atoms with van der Waals surface area (Å²) in [5.74, 6) is 0.832. The number of aliphatic imine (C=N–C) groups is 1. The van der Waals surface area contributed by atoms with Gasteiger partial charge in [-0.3, -0.25) is 4.99 Å². The minimum atomic E-state index is 0.0974. The van der Waals surface area contributed by atoms with Crippen LogP contribution in [0.4, 0.5) is 0 Å². The van der Waals surface area contributed by atoms with Crippen LogP contribution in [0.15, 0.2) is 181 Å². The maximum Gasteiger partial charge on any atom is 0.160 e. The molecule has 0 saturated heterocycles. The molecule has 1 heterocycles. The summed E-state index contributed by atoms with van der Waals surface area (Å²) in [6.07, 6.45) is 14.7. The minimum Gasteiger partial charge on any atom is -0.265 e. The first-order valence-electron chi connectivity index (χ1n) is 16.3. The molecule has 228 valence electrons. The van der Waals surface area contributed by atoms with Crippen LogP contribution in [0, 0.1) is 0 Å². The summed E-state index contributed by atoms with van der Waals surface area (Å²) in [6.45, 7) is 3.70. The Bertz CT molecular complexity index is 2440. The third-order valence-electron chi connectivity index (χ3n) is 9.05. The molecule has 0 fully saturated rings. The van der Waals surface area contributed by atoms with Gasteiger partial charge < -0.3 is 0 Å². The molecular weight excluding hydrogens is 583 g/mol. The first kappa shape index (κ1) is 29.2. The Hall–Kier alpha value is -6.19. The molecule has 1 aromatic heterocycles. The average molecular weight is 616 g/mol. The fourth-order valence-electron chi connectivity index (χ4n) is 6.72. The number of nitrogens with zero attached hydrogens (tertiary/aromatic N) is 3. The largest absolute Gasteiger partial charge is 0.265 e. The van der Waals surface area contributed by atoms with Gasteiger partial charge in [-0.2, -0.15) is 0 Å². The van der Waals surface area contributed by atoms with Crippen molar-refractivity contribution in [2.75, 3.05) is 0 Å². The molecule has 0 amide bonds. The molecule has 8 rings (SSSR count). The Balaban J connectivity index is 1.27. The lowest BCUT2D eigenvalue weighted by Gasteiger charge is -2.18. The van der Waals surface area contributed by atoms with Crippen molar-refractivity contribution in [3.63, 3.8) is 0 Å². The van der Waals surface area contributed by atoms with E-state index in [4.69, 9.17) is 9.97 Å². The van der Waals surface area contributed by atoms with Crippen molar-refractivity contribution >= 4 is 38.5 Å². The molecule has 0 aliphatic heterocycles. The van der Waals surface area contributed by atoms with E-state index in [-0.39, 0.29) is 5.92 Å². The summed E-state index contributed by atoms with van der Waals surface area (Å²) < 4.78 is 0. The molecule has 6 aromatic carbocycles. The molecule has 0 bridgehead atoms. The lowest BCUT2D eigenvalue weighted by atomic mass is 9.91. The van der Waals surface area contributed by atoms with Crippen LogP contribution in [0.5, 0.6) is 0 Å². The number of aromatic nitrogens is 2. The zero-order chi connectivity index (χ0) is 32.3. The number of hydrogen-bond donors (Lipinski definition) is 0. The molecule has 1 aliphatic carbocycles. The van der Waals surface area contributed by atoms with Crippen LogP contribution in [0.2, 0.25) is 0 Å². The Morgan fingerprint density at radius 2 is 1.35 bits per heavy atom. The summed E-state index contributed by atoms with van der Waals surface area (Å²) in [7, 11) is 0. The number of benzene rings is 6. The predicted octanol–water partition coefficient (Wildman–Crippen LogP) is 11.7. The van der Waals surface area contributed by atoms with Crippen LogP contribution in [0.1, 0.15) is 18.0 Å². The van der Waals surface area contributed by atoms with Crippen molar-refractivity contribution in [1.29, 1.82) is 0 Å². The van der Waals surface area contributed by atoms with Crippen LogP contribution < -0.4 is 0 Å². The maximum absolute atomic E-state index is 5.30. The van der Waals surface area contributed by atoms with Gasteiger partial charge in [0.25, 0.3) is 0 Å². The Morgan fingerprint density at radius 3 is 2.19 bits per heavy atom. The summed E-state index contributed by atoms with van der Waals surface area (Å²) in [5, 5.41) is 7.24. The molecule has 0 radical (unpaired) electrons. The number of rotatable bonds is 7.